The van der Waals surface area contributed by atoms with Gasteiger partial charge in [0.2, 0.25) is 15.9 Å². The number of hydrogen-bond donors (Lipinski definition) is 3. The third kappa shape index (κ3) is 5.79. The van der Waals surface area contributed by atoms with Crippen LogP contribution < -0.4 is 10.0 Å². The Morgan fingerprint density at radius 3 is 2.67 bits per heavy atom. The predicted octanol–water partition coefficient (Wildman–Crippen LogP) is -0.123. The van der Waals surface area contributed by atoms with Crippen LogP contribution in [0.5, 0.6) is 0 Å². The SMILES string of the molecule is COCCNC(=O)CCNS(=O)(=O)c1csc(C(=O)O)c1. The summed E-state index contributed by atoms with van der Waals surface area (Å²) in [5.74, 6) is -1.48. The molecular weight excluding hydrogens is 320 g/mol. The van der Waals surface area contributed by atoms with Crippen LogP contribution in [0.4, 0.5) is 0 Å². The van der Waals surface area contributed by atoms with Gasteiger partial charge in [-0.1, -0.05) is 0 Å². The molecule has 0 saturated carbocycles. The van der Waals surface area contributed by atoms with Crippen molar-refractivity contribution in [2.24, 2.45) is 0 Å². The number of ether oxygens (including phenoxy) is 1. The van der Waals surface area contributed by atoms with Crippen LogP contribution in [-0.4, -0.2) is 52.2 Å². The van der Waals surface area contributed by atoms with Crippen LogP contribution in [0.15, 0.2) is 16.3 Å². The van der Waals surface area contributed by atoms with Crippen molar-refractivity contribution in [2.75, 3.05) is 26.8 Å². The van der Waals surface area contributed by atoms with Crippen LogP contribution in [0.1, 0.15) is 16.1 Å². The third-order valence-electron chi connectivity index (χ3n) is 2.37. The summed E-state index contributed by atoms with van der Waals surface area (Å²) in [7, 11) is -2.29. The lowest BCUT2D eigenvalue weighted by atomic mass is 10.4. The highest BCUT2D eigenvalue weighted by atomic mass is 32.2. The lowest BCUT2D eigenvalue weighted by Crippen LogP contribution is -2.32. The van der Waals surface area contributed by atoms with E-state index >= 15 is 0 Å². The monoisotopic (exact) mass is 336 g/mol. The average molecular weight is 336 g/mol. The third-order valence-corrected chi connectivity index (χ3v) is 4.88. The number of rotatable bonds is 9. The molecule has 0 aliphatic rings. The van der Waals surface area contributed by atoms with Crippen LogP contribution in [-0.2, 0) is 19.6 Å². The Kier molecular flexibility index (Phi) is 6.75. The molecule has 0 aromatic carbocycles. The maximum Gasteiger partial charge on any atom is 0.345 e. The van der Waals surface area contributed by atoms with E-state index < -0.39 is 16.0 Å². The summed E-state index contributed by atoms with van der Waals surface area (Å²) in [6.45, 7) is 0.665. The van der Waals surface area contributed by atoms with Crippen LogP contribution in [0.3, 0.4) is 0 Å². The van der Waals surface area contributed by atoms with E-state index in [-0.39, 0.29) is 28.6 Å². The molecule has 0 saturated heterocycles. The first-order chi connectivity index (χ1) is 9.86. The Balaban J connectivity index is 2.46. The Morgan fingerprint density at radius 2 is 2.10 bits per heavy atom. The Hall–Kier alpha value is -1.49. The first-order valence-electron chi connectivity index (χ1n) is 5.94. The van der Waals surface area contributed by atoms with E-state index in [0.717, 1.165) is 17.4 Å². The molecule has 0 fully saturated rings. The van der Waals surface area contributed by atoms with E-state index in [2.05, 4.69) is 10.0 Å². The number of sulfonamides is 1. The van der Waals surface area contributed by atoms with Gasteiger partial charge in [0.1, 0.15) is 4.88 Å². The van der Waals surface area contributed by atoms with E-state index in [1.54, 1.807) is 0 Å². The van der Waals surface area contributed by atoms with Crippen LogP contribution >= 0.6 is 11.3 Å². The Morgan fingerprint density at radius 1 is 1.38 bits per heavy atom. The van der Waals surface area contributed by atoms with E-state index in [1.165, 1.54) is 12.5 Å². The van der Waals surface area contributed by atoms with E-state index in [9.17, 15) is 18.0 Å². The molecule has 1 aromatic rings. The molecule has 1 heterocycles. The first kappa shape index (κ1) is 17.6. The molecule has 1 aromatic heterocycles. The summed E-state index contributed by atoms with van der Waals surface area (Å²) in [4.78, 5) is 21.9. The molecule has 3 N–H and O–H groups in total. The molecule has 1 rings (SSSR count). The molecule has 21 heavy (non-hydrogen) atoms. The molecule has 0 aliphatic carbocycles. The number of carbonyl (C=O) groups excluding carboxylic acids is 1. The van der Waals surface area contributed by atoms with Gasteiger partial charge >= 0.3 is 5.97 Å². The fourth-order valence-electron chi connectivity index (χ4n) is 1.34. The molecule has 0 aliphatic heterocycles. The van der Waals surface area contributed by atoms with Gasteiger partial charge in [0.25, 0.3) is 0 Å². The van der Waals surface area contributed by atoms with Crippen molar-refractivity contribution in [3.05, 3.63) is 16.3 Å². The quantitative estimate of drug-likeness (QED) is 0.540. The number of hydrogen-bond acceptors (Lipinski definition) is 6. The number of carboxylic acid groups (broad SMARTS) is 1. The largest absolute Gasteiger partial charge is 0.477 e. The summed E-state index contributed by atoms with van der Waals surface area (Å²) >= 11 is 0.826. The van der Waals surface area contributed by atoms with Gasteiger partial charge in [-0.3, -0.25) is 4.79 Å². The standard InChI is InChI=1S/C11H16N2O6S2/c1-19-5-4-12-10(14)2-3-13-21(17,18)8-6-9(11(15)16)20-7-8/h6-7,13H,2-5H2,1H3,(H,12,14)(H,15,16). The summed E-state index contributed by atoms with van der Waals surface area (Å²) in [5, 5.41) is 12.5. The molecule has 0 bridgehead atoms. The van der Waals surface area contributed by atoms with Crippen molar-refractivity contribution in [2.45, 2.75) is 11.3 Å². The van der Waals surface area contributed by atoms with Gasteiger partial charge in [0, 0.05) is 32.0 Å². The van der Waals surface area contributed by atoms with Gasteiger partial charge in [-0.15, -0.1) is 11.3 Å². The molecule has 8 nitrogen and oxygen atoms in total. The van der Waals surface area contributed by atoms with Gasteiger partial charge in [-0.25, -0.2) is 17.9 Å². The zero-order chi connectivity index (χ0) is 15.9. The molecule has 0 radical (unpaired) electrons. The molecule has 0 spiro atoms. The summed E-state index contributed by atoms with van der Waals surface area (Å²) in [6, 6.07) is 1.08. The fourth-order valence-corrected chi connectivity index (χ4v) is 3.48. The normalized spacial score (nSPS) is 11.3. The fraction of sp³-hybridized carbons (Fsp3) is 0.455. The van der Waals surface area contributed by atoms with Gasteiger partial charge in [0.05, 0.1) is 11.5 Å². The molecule has 1 amide bonds. The van der Waals surface area contributed by atoms with Crippen LogP contribution in [0.2, 0.25) is 0 Å². The second-order valence-electron chi connectivity index (χ2n) is 3.94. The Labute approximate surface area is 126 Å². The molecule has 10 heteroatoms. The topological polar surface area (TPSA) is 122 Å². The minimum Gasteiger partial charge on any atom is -0.477 e. The molecule has 0 atom stereocenters. The summed E-state index contributed by atoms with van der Waals surface area (Å²) in [6.07, 6.45) is -0.0150. The minimum atomic E-state index is -3.80. The van der Waals surface area contributed by atoms with E-state index in [4.69, 9.17) is 9.84 Å². The maximum absolute atomic E-state index is 11.9. The number of amides is 1. The average Bonchev–Trinajstić information content (AvgIpc) is 2.89. The van der Waals surface area contributed by atoms with Crippen molar-refractivity contribution in [1.29, 1.82) is 0 Å². The minimum absolute atomic E-state index is 0.0150. The lowest BCUT2D eigenvalue weighted by Gasteiger charge is -2.06. The highest BCUT2D eigenvalue weighted by Crippen LogP contribution is 2.18. The number of nitrogens with one attached hydrogen (secondary N) is 2. The number of carboxylic acids is 1. The predicted molar refractivity (Wildman–Crippen MR) is 76.0 cm³/mol. The van der Waals surface area contributed by atoms with Crippen molar-refractivity contribution in [1.82, 2.24) is 10.0 Å². The lowest BCUT2D eigenvalue weighted by molar-refractivity contribution is -0.121. The zero-order valence-corrected chi connectivity index (χ0v) is 12.9. The second-order valence-corrected chi connectivity index (χ2v) is 6.62. The van der Waals surface area contributed by atoms with E-state index in [0.29, 0.717) is 13.2 Å². The van der Waals surface area contributed by atoms with Gasteiger partial charge in [0.15, 0.2) is 0 Å². The highest BCUT2D eigenvalue weighted by molar-refractivity contribution is 7.89. The van der Waals surface area contributed by atoms with Crippen molar-refractivity contribution < 1.29 is 27.9 Å². The molecule has 118 valence electrons. The van der Waals surface area contributed by atoms with Crippen LogP contribution in [0, 0.1) is 0 Å². The zero-order valence-electron chi connectivity index (χ0n) is 11.3. The smallest absolute Gasteiger partial charge is 0.345 e. The number of methoxy groups -OCH3 is 1. The first-order valence-corrected chi connectivity index (χ1v) is 8.30. The summed E-state index contributed by atoms with van der Waals surface area (Å²) in [5.41, 5.74) is 0. The maximum atomic E-state index is 11.9. The number of aromatic carboxylic acids is 1. The van der Waals surface area contributed by atoms with Gasteiger partial charge in [-0.2, -0.15) is 0 Å². The summed E-state index contributed by atoms with van der Waals surface area (Å²) < 4.78 is 30.7. The molecule has 0 unspecified atom stereocenters. The van der Waals surface area contributed by atoms with Crippen molar-refractivity contribution in [3.63, 3.8) is 0 Å². The van der Waals surface area contributed by atoms with Crippen molar-refractivity contribution >= 4 is 33.2 Å². The van der Waals surface area contributed by atoms with Crippen molar-refractivity contribution in [3.8, 4) is 0 Å². The second kappa shape index (κ2) is 8.08. The van der Waals surface area contributed by atoms with Gasteiger partial charge < -0.3 is 15.2 Å². The number of carbonyl (C=O) groups is 2. The van der Waals surface area contributed by atoms with Crippen LogP contribution in [0.25, 0.3) is 0 Å². The van der Waals surface area contributed by atoms with Gasteiger partial charge in [-0.05, 0) is 6.07 Å². The number of thiophene rings is 1. The van der Waals surface area contributed by atoms with E-state index in [1.807, 2.05) is 0 Å². The Bertz CT molecular complexity index is 596. The highest BCUT2D eigenvalue weighted by Gasteiger charge is 2.18. The molecular formula is C11H16N2O6S2.